The third kappa shape index (κ3) is 3.54. The van der Waals surface area contributed by atoms with Gasteiger partial charge >= 0.3 is 5.69 Å². The molecule has 0 saturated heterocycles. The molecule has 4 heteroatoms. The molecule has 0 fully saturated rings. The van der Waals surface area contributed by atoms with E-state index in [1.165, 1.54) is 0 Å². The number of hydrogen-bond acceptors (Lipinski definition) is 3. The number of aromatic nitrogens is 2. The molecule has 0 amide bonds. The van der Waals surface area contributed by atoms with Crippen LogP contribution in [-0.4, -0.2) is 21.1 Å². The van der Waals surface area contributed by atoms with Crippen LogP contribution in [0.25, 0.3) is 0 Å². The van der Waals surface area contributed by atoms with E-state index in [2.05, 4.69) is 11.9 Å². The minimum Gasteiger partial charge on any atom is -0.299 e. The molecule has 0 aromatic carbocycles. The fourth-order valence-electron chi connectivity index (χ4n) is 1.21. The Labute approximate surface area is 88.6 Å². The molecule has 1 heterocycles. The summed E-state index contributed by atoms with van der Waals surface area (Å²) in [7, 11) is 0. The van der Waals surface area contributed by atoms with Gasteiger partial charge in [0.1, 0.15) is 0 Å². The maximum Gasteiger partial charge on any atom is 0.347 e. The SMILES string of the molecule is CCSCCCn1cc(C)cnc1=O. The lowest BCUT2D eigenvalue weighted by Gasteiger charge is -2.04. The van der Waals surface area contributed by atoms with E-state index in [1.54, 1.807) is 10.8 Å². The Balaban J connectivity index is 2.49. The zero-order chi connectivity index (χ0) is 10.4. The van der Waals surface area contributed by atoms with E-state index in [4.69, 9.17) is 0 Å². The first kappa shape index (κ1) is 11.3. The first-order valence-corrected chi connectivity index (χ1v) is 6.00. The van der Waals surface area contributed by atoms with Gasteiger partial charge in [0.15, 0.2) is 0 Å². The maximum atomic E-state index is 11.3. The van der Waals surface area contributed by atoms with Crippen molar-refractivity contribution in [3.05, 3.63) is 28.4 Å². The summed E-state index contributed by atoms with van der Waals surface area (Å²) in [6, 6.07) is 0. The molecule has 0 aliphatic carbocycles. The molecule has 1 rings (SSSR count). The Morgan fingerprint density at radius 3 is 3.07 bits per heavy atom. The summed E-state index contributed by atoms with van der Waals surface area (Å²) >= 11 is 1.90. The van der Waals surface area contributed by atoms with Crippen molar-refractivity contribution in [3.63, 3.8) is 0 Å². The van der Waals surface area contributed by atoms with Crippen molar-refractivity contribution in [1.29, 1.82) is 0 Å². The minimum absolute atomic E-state index is 0.142. The average molecular weight is 212 g/mol. The van der Waals surface area contributed by atoms with Crippen LogP contribution in [0.2, 0.25) is 0 Å². The van der Waals surface area contributed by atoms with Gasteiger partial charge in [0.25, 0.3) is 0 Å². The molecule has 0 saturated carbocycles. The Morgan fingerprint density at radius 1 is 1.57 bits per heavy atom. The number of rotatable bonds is 5. The average Bonchev–Trinajstić information content (AvgIpc) is 2.18. The van der Waals surface area contributed by atoms with Crippen LogP contribution in [0, 0.1) is 6.92 Å². The van der Waals surface area contributed by atoms with Crippen molar-refractivity contribution < 1.29 is 0 Å². The van der Waals surface area contributed by atoms with Crippen LogP contribution in [0.15, 0.2) is 17.2 Å². The smallest absolute Gasteiger partial charge is 0.299 e. The van der Waals surface area contributed by atoms with E-state index in [0.717, 1.165) is 30.0 Å². The zero-order valence-corrected chi connectivity index (χ0v) is 9.51. The molecule has 0 bridgehead atoms. The number of hydrogen-bond donors (Lipinski definition) is 0. The molecule has 1 aromatic rings. The third-order valence-electron chi connectivity index (χ3n) is 1.88. The van der Waals surface area contributed by atoms with Crippen LogP contribution in [0.1, 0.15) is 18.9 Å². The van der Waals surface area contributed by atoms with Gasteiger partial charge in [0.2, 0.25) is 0 Å². The highest BCUT2D eigenvalue weighted by molar-refractivity contribution is 7.99. The lowest BCUT2D eigenvalue weighted by molar-refractivity contribution is 0.636. The van der Waals surface area contributed by atoms with Crippen LogP contribution in [0.5, 0.6) is 0 Å². The Bertz CT molecular complexity index is 335. The zero-order valence-electron chi connectivity index (χ0n) is 8.69. The van der Waals surface area contributed by atoms with E-state index >= 15 is 0 Å². The monoisotopic (exact) mass is 212 g/mol. The summed E-state index contributed by atoms with van der Waals surface area (Å²) in [5, 5.41) is 0. The molecule has 0 spiro atoms. The Kier molecular flexibility index (Phi) is 4.73. The van der Waals surface area contributed by atoms with E-state index in [1.807, 2.05) is 24.9 Å². The predicted molar refractivity (Wildman–Crippen MR) is 60.9 cm³/mol. The lowest BCUT2D eigenvalue weighted by Crippen LogP contribution is -2.22. The second kappa shape index (κ2) is 5.86. The second-order valence-electron chi connectivity index (χ2n) is 3.16. The molecule has 0 atom stereocenters. The quantitative estimate of drug-likeness (QED) is 0.697. The van der Waals surface area contributed by atoms with E-state index in [0.29, 0.717) is 0 Å². The van der Waals surface area contributed by atoms with Crippen molar-refractivity contribution in [1.82, 2.24) is 9.55 Å². The number of thioether (sulfide) groups is 1. The number of aryl methyl sites for hydroxylation is 2. The molecule has 78 valence electrons. The molecule has 0 unspecified atom stereocenters. The normalized spacial score (nSPS) is 10.4. The summed E-state index contributed by atoms with van der Waals surface area (Å²) in [6.45, 7) is 4.87. The van der Waals surface area contributed by atoms with Gasteiger partial charge < -0.3 is 0 Å². The molecule has 14 heavy (non-hydrogen) atoms. The van der Waals surface area contributed by atoms with Gasteiger partial charge in [-0.1, -0.05) is 6.92 Å². The van der Waals surface area contributed by atoms with Gasteiger partial charge in [-0.05, 0) is 30.4 Å². The molecular weight excluding hydrogens is 196 g/mol. The highest BCUT2D eigenvalue weighted by Crippen LogP contribution is 2.02. The van der Waals surface area contributed by atoms with Crippen LogP contribution in [0.4, 0.5) is 0 Å². The van der Waals surface area contributed by atoms with E-state index in [-0.39, 0.29) is 5.69 Å². The van der Waals surface area contributed by atoms with Crippen LogP contribution >= 0.6 is 11.8 Å². The highest BCUT2D eigenvalue weighted by atomic mass is 32.2. The molecule has 1 aromatic heterocycles. The summed E-state index contributed by atoms with van der Waals surface area (Å²) in [4.78, 5) is 15.1. The van der Waals surface area contributed by atoms with Crippen molar-refractivity contribution in [2.24, 2.45) is 0 Å². The molecule has 0 N–H and O–H groups in total. The van der Waals surface area contributed by atoms with Gasteiger partial charge in [-0.25, -0.2) is 9.78 Å². The summed E-state index contributed by atoms with van der Waals surface area (Å²) in [6.07, 6.45) is 4.51. The third-order valence-corrected chi connectivity index (χ3v) is 2.86. The Morgan fingerprint density at radius 2 is 2.36 bits per heavy atom. The molecule has 0 aliphatic heterocycles. The van der Waals surface area contributed by atoms with Crippen molar-refractivity contribution in [2.45, 2.75) is 26.8 Å². The molecule has 0 radical (unpaired) electrons. The predicted octanol–water partition coefficient (Wildman–Crippen LogP) is 1.69. The van der Waals surface area contributed by atoms with Crippen molar-refractivity contribution in [3.8, 4) is 0 Å². The molecule has 3 nitrogen and oxygen atoms in total. The van der Waals surface area contributed by atoms with Crippen LogP contribution < -0.4 is 5.69 Å². The highest BCUT2D eigenvalue weighted by Gasteiger charge is 1.96. The van der Waals surface area contributed by atoms with Gasteiger partial charge in [0, 0.05) is 18.9 Å². The van der Waals surface area contributed by atoms with Crippen molar-refractivity contribution >= 4 is 11.8 Å². The van der Waals surface area contributed by atoms with Gasteiger partial charge in [-0.3, -0.25) is 4.57 Å². The first-order chi connectivity index (χ1) is 6.74. The number of nitrogens with zero attached hydrogens (tertiary/aromatic N) is 2. The summed E-state index contributed by atoms with van der Waals surface area (Å²) in [5.41, 5.74) is 0.893. The van der Waals surface area contributed by atoms with Gasteiger partial charge in [0.05, 0.1) is 0 Å². The van der Waals surface area contributed by atoms with Crippen LogP contribution in [0.3, 0.4) is 0 Å². The van der Waals surface area contributed by atoms with Gasteiger partial charge in [-0.2, -0.15) is 11.8 Å². The lowest BCUT2D eigenvalue weighted by atomic mass is 10.4. The minimum atomic E-state index is -0.142. The first-order valence-electron chi connectivity index (χ1n) is 4.85. The summed E-state index contributed by atoms with van der Waals surface area (Å²) in [5.74, 6) is 2.25. The largest absolute Gasteiger partial charge is 0.347 e. The van der Waals surface area contributed by atoms with Crippen LogP contribution in [-0.2, 0) is 6.54 Å². The Hall–Kier alpha value is -0.770. The van der Waals surface area contributed by atoms with Crippen molar-refractivity contribution in [2.75, 3.05) is 11.5 Å². The molecule has 0 aliphatic rings. The second-order valence-corrected chi connectivity index (χ2v) is 4.55. The maximum absolute atomic E-state index is 11.3. The van der Waals surface area contributed by atoms with Gasteiger partial charge in [-0.15, -0.1) is 0 Å². The fourth-order valence-corrected chi connectivity index (χ4v) is 1.83. The van der Waals surface area contributed by atoms with E-state index < -0.39 is 0 Å². The fraction of sp³-hybridized carbons (Fsp3) is 0.600. The van der Waals surface area contributed by atoms with E-state index in [9.17, 15) is 4.79 Å². The molecular formula is C10H16N2OS. The summed E-state index contributed by atoms with van der Waals surface area (Å²) < 4.78 is 1.69. The topological polar surface area (TPSA) is 34.9 Å². The standard InChI is InChI=1S/C10H16N2OS/c1-3-14-6-4-5-12-8-9(2)7-11-10(12)13/h7-8H,3-6H2,1-2H3.